The van der Waals surface area contributed by atoms with Crippen LogP contribution in [0.25, 0.3) is 0 Å². The van der Waals surface area contributed by atoms with Crippen LogP contribution in [0.2, 0.25) is 0 Å². The SMILES string of the molecule is C=CCC1(CC=C)OCC(N)CO1. The molecule has 3 heteroatoms. The fourth-order valence-electron chi connectivity index (χ4n) is 1.37. The zero-order valence-corrected chi connectivity index (χ0v) is 7.87. The van der Waals surface area contributed by atoms with Gasteiger partial charge in [0.2, 0.25) is 0 Å². The van der Waals surface area contributed by atoms with E-state index < -0.39 is 5.79 Å². The minimum absolute atomic E-state index is 0.0113. The van der Waals surface area contributed by atoms with Gasteiger partial charge in [0.1, 0.15) is 0 Å². The Balaban J connectivity index is 2.56. The lowest BCUT2D eigenvalue weighted by Crippen LogP contribution is -2.48. The minimum atomic E-state index is -0.556. The van der Waals surface area contributed by atoms with Crippen molar-refractivity contribution in [3.63, 3.8) is 0 Å². The lowest BCUT2D eigenvalue weighted by Gasteiger charge is -2.38. The second-order valence-corrected chi connectivity index (χ2v) is 3.28. The van der Waals surface area contributed by atoms with E-state index in [4.69, 9.17) is 15.2 Å². The molecule has 1 aliphatic rings. The van der Waals surface area contributed by atoms with Crippen LogP contribution in [-0.4, -0.2) is 25.0 Å². The van der Waals surface area contributed by atoms with Gasteiger partial charge in [-0.25, -0.2) is 0 Å². The predicted octanol–water partition coefficient (Wildman–Crippen LogP) is 1.21. The summed E-state index contributed by atoms with van der Waals surface area (Å²) in [7, 11) is 0. The summed E-state index contributed by atoms with van der Waals surface area (Å²) in [6, 6.07) is -0.0113. The molecule has 1 rings (SSSR count). The lowest BCUT2D eigenvalue weighted by atomic mass is 10.1. The van der Waals surface area contributed by atoms with Gasteiger partial charge >= 0.3 is 0 Å². The molecule has 0 amide bonds. The Morgan fingerprint density at radius 1 is 1.23 bits per heavy atom. The van der Waals surface area contributed by atoms with Gasteiger partial charge in [0.05, 0.1) is 19.3 Å². The predicted molar refractivity (Wildman–Crippen MR) is 52.2 cm³/mol. The summed E-state index contributed by atoms with van der Waals surface area (Å²) in [4.78, 5) is 0. The van der Waals surface area contributed by atoms with Gasteiger partial charge in [-0.05, 0) is 0 Å². The fraction of sp³-hybridized carbons (Fsp3) is 0.600. The first-order valence-corrected chi connectivity index (χ1v) is 4.48. The molecule has 1 saturated heterocycles. The fourth-order valence-corrected chi connectivity index (χ4v) is 1.37. The Morgan fingerprint density at radius 2 is 1.69 bits per heavy atom. The Hall–Kier alpha value is -0.640. The van der Waals surface area contributed by atoms with Crippen molar-refractivity contribution in [2.45, 2.75) is 24.7 Å². The average molecular weight is 183 g/mol. The van der Waals surface area contributed by atoms with Crippen LogP contribution in [0.15, 0.2) is 25.3 Å². The third-order valence-electron chi connectivity index (χ3n) is 2.03. The Kier molecular flexibility index (Phi) is 3.66. The van der Waals surface area contributed by atoms with E-state index in [1.54, 1.807) is 12.2 Å². The summed E-state index contributed by atoms with van der Waals surface area (Å²) < 4.78 is 11.1. The molecule has 13 heavy (non-hydrogen) atoms. The smallest absolute Gasteiger partial charge is 0.175 e. The molecule has 1 heterocycles. The van der Waals surface area contributed by atoms with E-state index in [0.29, 0.717) is 26.1 Å². The molecule has 0 aromatic heterocycles. The van der Waals surface area contributed by atoms with Crippen molar-refractivity contribution in [1.29, 1.82) is 0 Å². The highest BCUT2D eigenvalue weighted by atomic mass is 16.7. The van der Waals surface area contributed by atoms with Crippen LogP contribution >= 0.6 is 0 Å². The topological polar surface area (TPSA) is 44.5 Å². The van der Waals surface area contributed by atoms with Gasteiger partial charge in [-0.2, -0.15) is 0 Å². The van der Waals surface area contributed by atoms with E-state index in [9.17, 15) is 0 Å². The highest BCUT2D eigenvalue weighted by Crippen LogP contribution is 2.26. The molecule has 1 aliphatic heterocycles. The van der Waals surface area contributed by atoms with E-state index in [1.165, 1.54) is 0 Å². The van der Waals surface area contributed by atoms with Crippen molar-refractivity contribution < 1.29 is 9.47 Å². The zero-order chi connectivity index (χ0) is 9.73. The summed E-state index contributed by atoms with van der Waals surface area (Å²) in [5.74, 6) is -0.556. The highest BCUT2D eigenvalue weighted by Gasteiger charge is 2.34. The molecule has 0 aliphatic carbocycles. The Labute approximate surface area is 79.2 Å². The zero-order valence-electron chi connectivity index (χ0n) is 7.87. The van der Waals surface area contributed by atoms with E-state index >= 15 is 0 Å². The first kappa shape index (κ1) is 10.4. The number of rotatable bonds is 4. The van der Waals surface area contributed by atoms with Crippen LogP contribution in [0.4, 0.5) is 0 Å². The maximum atomic E-state index is 5.65. The molecular weight excluding hydrogens is 166 g/mol. The molecule has 3 nitrogen and oxygen atoms in total. The second kappa shape index (κ2) is 4.56. The summed E-state index contributed by atoms with van der Waals surface area (Å²) in [6.07, 6.45) is 4.93. The summed E-state index contributed by atoms with van der Waals surface area (Å²) in [6.45, 7) is 8.44. The van der Waals surface area contributed by atoms with Crippen molar-refractivity contribution in [3.8, 4) is 0 Å². The molecule has 0 atom stereocenters. The van der Waals surface area contributed by atoms with Gasteiger partial charge in [-0.1, -0.05) is 12.2 Å². The van der Waals surface area contributed by atoms with Crippen molar-refractivity contribution in [1.82, 2.24) is 0 Å². The molecule has 0 radical (unpaired) electrons. The van der Waals surface area contributed by atoms with Gasteiger partial charge < -0.3 is 15.2 Å². The monoisotopic (exact) mass is 183 g/mol. The maximum absolute atomic E-state index is 5.65. The standard InChI is InChI=1S/C10H17NO2/c1-3-5-10(6-4-2)12-7-9(11)8-13-10/h3-4,9H,1-2,5-8,11H2. The first-order chi connectivity index (χ1) is 6.22. The van der Waals surface area contributed by atoms with Crippen LogP contribution in [0, 0.1) is 0 Å². The van der Waals surface area contributed by atoms with Crippen LogP contribution in [-0.2, 0) is 9.47 Å². The van der Waals surface area contributed by atoms with Gasteiger partial charge in [0.15, 0.2) is 5.79 Å². The van der Waals surface area contributed by atoms with Crippen molar-refractivity contribution >= 4 is 0 Å². The molecule has 0 unspecified atom stereocenters. The molecule has 0 aromatic carbocycles. The lowest BCUT2D eigenvalue weighted by molar-refractivity contribution is -0.267. The number of hydrogen-bond acceptors (Lipinski definition) is 3. The summed E-state index contributed by atoms with van der Waals surface area (Å²) in [5.41, 5.74) is 5.65. The van der Waals surface area contributed by atoms with Crippen LogP contribution < -0.4 is 5.73 Å². The summed E-state index contributed by atoms with van der Waals surface area (Å²) in [5, 5.41) is 0. The molecule has 0 bridgehead atoms. The normalized spacial score (nSPS) is 22.5. The quantitative estimate of drug-likeness (QED) is 0.666. The second-order valence-electron chi connectivity index (χ2n) is 3.28. The average Bonchev–Trinajstić information content (AvgIpc) is 2.11. The third-order valence-corrected chi connectivity index (χ3v) is 2.03. The van der Waals surface area contributed by atoms with Crippen molar-refractivity contribution in [2.75, 3.05) is 13.2 Å². The van der Waals surface area contributed by atoms with Gasteiger partial charge in [-0.15, -0.1) is 13.2 Å². The van der Waals surface area contributed by atoms with E-state index in [1.807, 2.05) is 0 Å². The van der Waals surface area contributed by atoms with E-state index in [0.717, 1.165) is 0 Å². The molecule has 1 fully saturated rings. The largest absolute Gasteiger partial charge is 0.348 e. The first-order valence-electron chi connectivity index (χ1n) is 4.48. The molecule has 0 aromatic rings. The highest BCUT2D eigenvalue weighted by molar-refractivity contribution is 4.89. The number of nitrogens with two attached hydrogens (primary N) is 1. The van der Waals surface area contributed by atoms with Gasteiger partial charge in [0.25, 0.3) is 0 Å². The molecule has 74 valence electrons. The Morgan fingerprint density at radius 3 is 2.08 bits per heavy atom. The molecular formula is C10H17NO2. The van der Waals surface area contributed by atoms with Crippen LogP contribution in [0.3, 0.4) is 0 Å². The third kappa shape index (κ3) is 2.66. The van der Waals surface area contributed by atoms with E-state index in [-0.39, 0.29) is 6.04 Å². The summed E-state index contributed by atoms with van der Waals surface area (Å²) >= 11 is 0. The van der Waals surface area contributed by atoms with E-state index in [2.05, 4.69) is 13.2 Å². The molecule has 2 N–H and O–H groups in total. The maximum Gasteiger partial charge on any atom is 0.175 e. The minimum Gasteiger partial charge on any atom is -0.348 e. The molecule has 0 saturated carbocycles. The van der Waals surface area contributed by atoms with Crippen LogP contribution in [0.1, 0.15) is 12.8 Å². The van der Waals surface area contributed by atoms with Gasteiger partial charge in [-0.3, -0.25) is 0 Å². The van der Waals surface area contributed by atoms with Crippen molar-refractivity contribution in [2.24, 2.45) is 5.73 Å². The Bertz CT molecular complexity index is 171. The number of hydrogen-bond donors (Lipinski definition) is 1. The van der Waals surface area contributed by atoms with Crippen LogP contribution in [0.5, 0.6) is 0 Å². The molecule has 0 spiro atoms. The van der Waals surface area contributed by atoms with Crippen molar-refractivity contribution in [3.05, 3.63) is 25.3 Å². The van der Waals surface area contributed by atoms with Gasteiger partial charge in [0, 0.05) is 12.8 Å². The number of ether oxygens (including phenoxy) is 2.